The summed E-state index contributed by atoms with van der Waals surface area (Å²) in [5, 5.41) is 0. The van der Waals surface area contributed by atoms with Gasteiger partial charge >= 0.3 is 0 Å². The molecule has 0 amide bonds. The maximum atomic E-state index is 5.52. The zero-order chi connectivity index (χ0) is 17.6. The first-order chi connectivity index (χ1) is 12.2. The molecule has 142 valence electrons. The van der Waals surface area contributed by atoms with Crippen LogP contribution in [0.5, 0.6) is 0 Å². The Morgan fingerprint density at radius 3 is 2.64 bits per heavy atom. The average Bonchev–Trinajstić information content (AvgIpc) is 3.02. The molecule has 1 unspecified atom stereocenters. The maximum Gasteiger partial charge on any atom is 0.112 e. The first-order valence-corrected chi connectivity index (χ1v) is 10.0. The Hall–Kier alpha value is -0.910. The minimum atomic E-state index is 0.543. The number of aromatic nitrogens is 2. The minimum absolute atomic E-state index is 0.543. The smallest absolute Gasteiger partial charge is 0.112 e. The van der Waals surface area contributed by atoms with Crippen molar-refractivity contribution in [2.75, 3.05) is 40.0 Å². The molecule has 0 spiro atoms. The van der Waals surface area contributed by atoms with Crippen LogP contribution in [0.2, 0.25) is 0 Å². The van der Waals surface area contributed by atoms with Crippen LogP contribution in [-0.4, -0.2) is 60.5 Å². The van der Waals surface area contributed by atoms with Crippen molar-refractivity contribution in [3.63, 3.8) is 0 Å². The van der Waals surface area contributed by atoms with Gasteiger partial charge in [-0.3, -0.25) is 4.90 Å². The Morgan fingerprint density at radius 2 is 1.96 bits per heavy atom. The van der Waals surface area contributed by atoms with Gasteiger partial charge in [-0.1, -0.05) is 0 Å². The van der Waals surface area contributed by atoms with E-state index in [-0.39, 0.29) is 0 Å². The van der Waals surface area contributed by atoms with Crippen LogP contribution in [-0.2, 0) is 16.0 Å². The van der Waals surface area contributed by atoms with E-state index in [0.29, 0.717) is 12.0 Å². The van der Waals surface area contributed by atoms with Gasteiger partial charge in [-0.05, 0) is 65.0 Å². The molecule has 5 nitrogen and oxygen atoms in total. The number of hydrogen-bond acceptors (Lipinski definition) is 4. The van der Waals surface area contributed by atoms with E-state index in [0.717, 1.165) is 45.1 Å². The number of nitrogens with zero attached hydrogens (tertiary/aromatic N) is 3. The molecule has 0 N–H and O–H groups in total. The molecule has 0 aliphatic carbocycles. The van der Waals surface area contributed by atoms with E-state index in [1.165, 1.54) is 43.9 Å². The molecule has 2 aliphatic rings. The van der Waals surface area contributed by atoms with Crippen LogP contribution in [0.4, 0.5) is 0 Å². The lowest BCUT2D eigenvalue weighted by Gasteiger charge is -2.36. The van der Waals surface area contributed by atoms with Crippen LogP contribution >= 0.6 is 0 Å². The fraction of sp³-hybridized carbons (Fsp3) is 0.850. The van der Waals surface area contributed by atoms with E-state index >= 15 is 0 Å². The second-order valence-corrected chi connectivity index (χ2v) is 7.87. The van der Waals surface area contributed by atoms with Crippen LogP contribution in [0.1, 0.15) is 56.5 Å². The molecule has 0 saturated carbocycles. The Kier molecular flexibility index (Phi) is 6.91. The van der Waals surface area contributed by atoms with Crippen molar-refractivity contribution in [1.29, 1.82) is 0 Å². The van der Waals surface area contributed by atoms with Crippen LogP contribution in [0.15, 0.2) is 6.20 Å². The SMILES string of the molecule is COCC(C)N1CCC(CCn2c(C)cnc2C2CCOCC2)CC1. The number of ether oxygens (including phenoxy) is 2. The Morgan fingerprint density at radius 1 is 1.24 bits per heavy atom. The zero-order valence-electron chi connectivity index (χ0n) is 16.2. The molecule has 2 saturated heterocycles. The minimum Gasteiger partial charge on any atom is -0.383 e. The van der Waals surface area contributed by atoms with Crippen LogP contribution in [0.25, 0.3) is 0 Å². The second kappa shape index (κ2) is 9.15. The molecule has 0 bridgehead atoms. The van der Waals surface area contributed by atoms with E-state index in [1.54, 1.807) is 7.11 Å². The summed E-state index contributed by atoms with van der Waals surface area (Å²) in [4.78, 5) is 7.32. The van der Waals surface area contributed by atoms with E-state index in [4.69, 9.17) is 14.5 Å². The van der Waals surface area contributed by atoms with Crippen molar-refractivity contribution in [2.45, 2.75) is 64.5 Å². The molecule has 1 aromatic rings. The Bertz CT molecular complexity index is 517. The quantitative estimate of drug-likeness (QED) is 0.758. The lowest BCUT2D eigenvalue weighted by atomic mass is 9.92. The molecule has 2 fully saturated rings. The monoisotopic (exact) mass is 349 g/mol. The molecule has 3 heterocycles. The summed E-state index contributed by atoms with van der Waals surface area (Å²) in [6.07, 6.45) is 8.20. The normalized spacial score (nSPS) is 22.4. The summed E-state index contributed by atoms with van der Waals surface area (Å²) in [5.41, 5.74) is 1.31. The fourth-order valence-electron chi connectivity index (χ4n) is 4.39. The standard InChI is InChI=1S/C20H35N3O2/c1-16-14-21-20(19-7-12-25-13-8-19)23(16)11-6-18-4-9-22(10-5-18)17(2)15-24-3/h14,17-19H,4-13,15H2,1-3H3. The summed E-state index contributed by atoms with van der Waals surface area (Å²) < 4.78 is 13.3. The van der Waals surface area contributed by atoms with Crippen molar-refractivity contribution < 1.29 is 9.47 Å². The van der Waals surface area contributed by atoms with Gasteiger partial charge < -0.3 is 14.0 Å². The maximum absolute atomic E-state index is 5.52. The number of imidazole rings is 1. The van der Waals surface area contributed by atoms with E-state index in [9.17, 15) is 0 Å². The summed E-state index contributed by atoms with van der Waals surface area (Å²) in [6.45, 7) is 10.6. The molecule has 1 atom stereocenters. The summed E-state index contributed by atoms with van der Waals surface area (Å²) in [5.74, 6) is 2.72. The molecule has 1 aromatic heterocycles. The predicted molar refractivity (Wildman–Crippen MR) is 100 cm³/mol. The van der Waals surface area contributed by atoms with Crippen LogP contribution in [0.3, 0.4) is 0 Å². The van der Waals surface area contributed by atoms with Crippen molar-refractivity contribution in [2.24, 2.45) is 5.92 Å². The largest absolute Gasteiger partial charge is 0.383 e. The van der Waals surface area contributed by atoms with Crippen molar-refractivity contribution in [3.05, 3.63) is 17.7 Å². The second-order valence-electron chi connectivity index (χ2n) is 7.87. The van der Waals surface area contributed by atoms with Gasteiger partial charge in [0.25, 0.3) is 0 Å². The molecule has 25 heavy (non-hydrogen) atoms. The molecule has 0 radical (unpaired) electrons. The third-order valence-electron chi connectivity index (χ3n) is 6.11. The number of aryl methyl sites for hydroxylation is 1. The van der Waals surface area contributed by atoms with Gasteiger partial charge in [0.15, 0.2) is 0 Å². The number of hydrogen-bond donors (Lipinski definition) is 0. The van der Waals surface area contributed by atoms with Crippen molar-refractivity contribution in [1.82, 2.24) is 14.5 Å². The lowest BCUT2D eigenvalue weighted by molar-refractivity contribution is 0.0712. The predicted octanol–water partition coefficient (Wildman–Crippen LogP) is 3.22. The molecular formula is C20H35N3O2. The molecule has 5 heteroatoms. The number of methoxy groups -OCH3 is 1. The van der Waals surface area contributed by atoms with E-state index in [1.807, 2.05) is 0 Å². The highest BCUT2D eigenvalue weighted by atomic mass is 16.5. The number of rotatable bonds is 7. The fourth-order valence-corrected chi connectivity index (χ4v) is 4.39. The molecular weight excluding hydrogens is 314 g/mol. The number of piperidine rings is 1. The first-order valence-electron chi connectivity index (χ1n) is 10.0. The Labute approximate surface area is 152 Å². The highest BCUT2D eigenvalue weighted by molar-refractivity contribution is 5.08. The number of likely N-dealkylation sites (tertiary alicyclic amines) is 1. The van der Waals surface area contributed by atoms with Gasteiger partial charge in [0.05, 0.1) is 6.61 Å². The highest BCUT2D eigenvalue weighted by Crippen LogP contribution is 2.28. The molecule has 3 rings (SSSR count). The van der Waals surface area contributed by atoms with Gasteiger partial charge in [-0.2, -0.15) is 0 Å². The van der Waals surface area contributed by atoms with Gasteiger partial charge in [0.1, 0.15) is 5.82 Å². The van der Waals surface area contributed by atoms with Crippen LogP contribution < -0.4 is 0 Å². The van der Waals surface area contributed by atoms with Crippen molar-refractivity contribution >= 4 is 0 Å². The lowest BCUT2D eigenvalue weighted by Crippen LogP contribution is -2.42. The summed E-state index contributed by atoms with van der Waals surface area (Å²) >= 11 is 0. The Balaban J connectivity index is 1.50. The van der Waals surface area contributed by atoms with Gasteiger partial charge in [0.2, 0.25) is 0 Å². The first kappa shape index (κ1) is 18.9. The van der Waals surface area contributed by atoms with Gasteiger partial charge in [0, 0.05) is 50.7 Å². The zero-order valence-corrected chi connectivity index (χ0v) is 16.2. The topological polar surface area (TPSA) is 39.5 Å². The van der Waals surface area contributed by atoms with Gasteiger partial charge in [-0.15, -0.1) is 0 Å². The summed E-state index contributed by atoms with van der Waals surface area (Å²) in [6, 6.07) is 0.543. The summed E-state index contributed by atoms with van der Waals surface area (Å²) in [7, 11) is 1.80. The van der Waals surface area contributed by atoms with Crippen LogP contribution in [0, 0.1) is 12.8 Å². The van der Waals surface area contributed by atoms with E-state index in [2.05, 4.69) is 29.5 Å². The highest BCUT2D eigenvalue weighted by Gasteiger charge is 2.24. The molecule has 2 aliphatic heterocycles. The van der Waals surface area contributed by atoms with E-state index < -0.39 is 0 Å². The molecule has 0 aromatic carbocycles. The third-order valence-corrected chi connectivity index (χ3v) is 6.11. The third kappa shape index (κ3) is 4.83. The average molecular weight is 350 g/mol. The van der Waals surface area contributed by atoms with Gasteiger partial charge in [-0.25, -0.2) is 4.98 Å². The van der Waals surface area contributed by atoms with Crippen molar-refractivity contribution in [3.8, 4) is 0 Å².